The van der Waals surface area contributed by atoms with Crippen molar-refractivity contribution in [2.24, 2.45) is 5.92 Å². The van der Waals surface area contributed by atoms with Gasteiger partial charge < -0.3 is 10.1 Å². The molecule has 0 aromatic carbocycles. The quantitative estimate of drug-likeness (QED) is 0.732. The number of likely N-dealkylation sites (N-methyl/N-ethyl adjacent to an activating group) is 1. The molecule has 0 aromatic heterocycles. The fourth-order valence-electron chi connectivity index (χ4n) is 2.33. The Labute approximate surface area is 94.8 Å². The maximum absolute atomic E-state index is 6.19. The lowest BCUT2D eigenvalue weighted by molar-refractivity contribution is -0.0554. The Kier molecular flexibility index (Phi) is 6.26. The van der Waals surface area contributed by atoms with E-state index in [0.717, 1.165) is 25.4 Å². The van der Waals surface area contributed by atoms with Gasteiger partial charge in [0.15, 0.2) is 0 Å². The van der Waals surface area contributed by atoms with E-state index in [1.807, 2.05) is 0 Å². The van der Waals surface area contributed by atoms with E-state index in [0.29, 0.717) is 12.2 Å². The van der Waals surface area contributed by atoms with Gasteiger partial charge in [0.05, 0.1) is 12.2 Å². The largest absolute Gasteiger partial charge is 0.373 e. The number of rotatable bonds is 6. The molecular weight excluding hydrogens is 186 g/mol. The van der Waals surface area contributed by atoms with E-state index >= 15 is 0 Å². The van der Waals surface area contributed by atoms with Crippen LogP contribution in [0.25, 0.3) is 0 Å². The average molecular weight is 213 g/mol. The summed E-state index contributed by atoms with van der Waals surface area (Å²) in [5.74, 6) is 0.759. The average Bonchev–Trinajstić information content (AvgIpc) is 2.26. The summed E-state index contributed by atoms with van der Waals surface area (Å²) in [7, 11) is 0. The standard InChI is InChI=1S/C13H27NO/c1-4-12(10-14-5-2)15-13-9-7-6-8-11(13)3/h11-14H,4-10H2,1-3H3. The van der Waals surface area contributed by atoms with Crippen LogP contribution >= 0.6 is 0 Å². The second-order valence-electron chi connectivity index (χ2n) is 4.77. The second kappa shape index (κ2) is 7.24. The lowest BCUT2D eigenvalue weighted by Gasteiger charge is -2.32. The van der Waals surface area contributed by atoms with Crippen molar-refractivity contribution in [3.8, 4) is 0 Å². The van der Waals surface area contributed by atoms with Crippen LogP contribution in [0, 0.1) is 5.92 Å². The minimum Gasteiger partial charge on any atom is -0.373 e. The number of hydrogen-bond acceptors (Lipinski definition) is 2. The highest BCUT2D eigenvalue weighted by Crippen LogP contribution is 2.27. The lowest BCUT2D eigenvalue weighted by Crippen LogP contribution is -2.35. The molecule has 0 aliphatic heterocycles. The Morgan fingerprint density at radius 3 is 2.60 bits per heavy atom. The third-order valence-corrected chi connectivity index (χ3v) is 3.48. The normalized spacial score (nSPS) is 29.0. The molecule has 90 valence electrons. The molecule has 3 atom stereocenters. The van der Waals surface area contributed by atoms with Crippen LogP contribution in [0.15, 0.2) is 0 Å². The van der Waals surface area contributed by atoms with E-state index in [1.165, 1.54) is 25.7 Å². The highest BCUT2D eigenvalue weighted by atomic mass is 16.5. The fourth-order valence-corrected chi connectivity index (χ4v) is 2.33. The van der Waals surface area contributed by atoms with Gasteiger partial charge in [-0.05, 0) is 31.7 Å². The van der Waals surface area contributed by atoms with Crippen molar-refractivity contribution < 1.29 is 4.74 Å². The molecule has 1 rings (SSSR count). The highest BCUT2D eigenvalue weighted by molar-refractivity contribution is 4.74. The predicted molar refractivity (Wildman–Crippen MR) is 65.1 cm³/mol. The van der Waals surface area contributed by atoms with Gasteiger partial charge in [-0.3, -0.25) is 0 Å². The van der Waals surface area contributed by atoms with Gasteiger partial charge in [0.25, 0.3) is 0 Å². The van der Waals surface area contributed by atoms with Gasteiger partial charge in [-0.1, -0.05) is 33.6 Å². The lowest BCUT2D eigenvalue weighted by atomic mass is 9.88. The van der Waals surface area contributed by atoms with Crippen LogP contribution < -0.4 is 5.32 Å². The molecule has 2 nitrogen and oxygen atoms in total. The van der Waals surface area contributed by atoms with Crippen LogP contribution in [0.4, 0.5) is 0 Å². The summed E-state index contributed by atoms with van der Waals surface area (Å²) < 4.78 is 6.19. The van der Waals surface area contributed by atoms with Crippen molar-refractivity contribution >= 4 is 0 Å². The van der Waals surface area contributed by atoms with Crippen molar-refractivity contribution in [1.29, 1.82) is 0 Å². The van der Waals surface area contributed by atoms with Gasteiger partial charge in [-0.2, -0.15) is 0 Å². The summed E-state index contributed by atoms with van der Waals surface area (Å²) in [6, 6.07) is 0. The summed E-state index contributed by atoms with van der Waals surface area (Å²) in [6.07, 6.45) is 7.41. The maximum atomic E-state index is 6.19. The molecular formula is C13H27NO. The van der Waals surface area contributed by atoms with Crippen LogP contribution in [0.5, 0.6) is 0 Å². The summed E-state index contributed by atoms with van der Waals surface area (Å²) in [5.41, 5.74) is 0. The molecule has 1 fully saturated rings. The third-order valence-electron chi connectivity index (χ3n) is 3.48. The van der Waals surface area contributed by atoms with Crippen molar-refractivity contribution in [3.63, 3.8) is 0 Å². The fraction of sp³-hybridized carbons (Fsp3) is 1.00. The van der Waals surface area contributed by atoms with Crippen molar-refractivity contribution in [2.75, 3.05) is 13.1 Å². The first-order valence-electron chi connectivity index (χ1n) is 6.64. The molecule has 0 bridgehead atoms. The van der Waals surface area contributed by atoms with Gasteiger partial charge in [-0.25, -0.2) is 0 Å². The molecule has 3 unspecified atom stereocenters. The van der Waals surface area contributed by atoms with Gasteiger partial charge in [-0.15, -0.1) is 0 Å². The zero-order chi connectivity index (χ0) is 11.1. The Morgan fingerprint density at radius 2 is 2.00 bits per heavy atom. The first-order valence-corrected chi connectivity index (χ1v) is 6.64. The van der Waals surface area contributed by atoms with Crippen molar-refractivity contribution in [1.82, 2.24) is 5.32 Å². The monoisotopic (exact) mass is 213 g/mol. The molecule has 0 radical (unpaired) electrons. The van der Waals surface area contributed by atoms with Gasteiger partial charge >= 0.3 is 0 Å². The Hall–Kier alpha value is -0.0800. The van der Waals surface area contributed by atoms with E-state index < -0.39 is 0 Å². The summed E-state index contributed by atoms with van der Waals surface area (Å²) in [4.78, 5) is 0. The molecule has 0 aromatic rings. The zero-order valence-corrected chi connectivity index (χ0v) is 10.6. The van der Waals surface area contributed by atoms with Gasteiger partial charge in [0.1, 0.15) is 0 Å². The van der Waals surface area contributed by atoms with Crippen LogP contribution in [0.1, 0.15) is 52.9 Å². The van der Waals surface area contributed by atoms with Crippen molar-refractivity contribution in [3.05, 3.63) is 0 Å². The Bertz CT molecular complexity index is 161. The first kappa shape index (κ1) is 13.0. The van der Waals surface area contributed by atoms with Gasteiger partial charge in [0.2, 0.25) is 0 Å². The van der Waals surface area contributed by atoms with E-state index in [-0.39, 0.29) is 0 Å². The Morgan fingerprint density at radius 1 is 1.27 bits per heavy atom. The van der Waals surface area contributed by atoms with E-state index in [1.54, 1.807) is 0 Å². The second-order valence-corrected chi connectivity index (χ2v) is 4.77. The molecule has 1 aliphatic rings. The summed E-state index contributed by atoms with van der Waals surface area (Å²) in [6.45, 7) is 8.76. The van der Waals surface area contributed by atoms with E-state index in [4.69, 9.17) is 4.74 Å². The molecule has 0 amide bonds. The summed E-state index contributed by atoms with van der Waals surface area (Å²) >= 11 is 0. The number of ether oxygens (including phenoxy) is 1. The summed E-state index contributed by atoms with van der Waals surface area (Å²) in [5, 5.41) is 3.38. The predicted octanol–water partition coefficient (Wildman–Crippen LogP) is 2.97. The maximum Gasteiger partial charge on any atom is 0.0700 e. The van der Waals surface area contributed by atoms with Crippen LogP contribution in [0.2, 0.25) is 0 Å². The highest BCUT2D eigenvalue weighted by Gasteiger charge is 2.24. The third kappa shape index (κ3) is 4.52. The first-order chi connectivity index (χ1) is 7.27. The van der Waals surface area contributed by atoms with Crippen LogP contribution in [-0.4, -0.2) is 25.3 Å². The molecule has 1 aliphatic carbocycles. The van der Waals surface area contributed by atoms with Gasteiger partial charge in [0, 0.05) is 6.54 Å². The Balaban J connectivity index is 2.29. The number of nitrogens with one attached hydrogen (secondary N) is 1. The molecule has 0 heterocycles. The van der Waals surface area contributed by atoms with Crippen LogP contribution in [0.3, 0.4) is 0 Å². The molecule has 1 N–H and O–H groups in total. The molecule has 2 heteroatoms. The molecule has 15 heavy (non-hydrogen) atoms. The SMILES string of the molecule is CCNCC(CC)OC1CCCCC1C. The van der Waals surface area contributed by atoms with E-state index in [2.05, 4.69) is 26.1 Å². The molecule has 1 saturated carbocycles. The van der Waals surface area contributed by atoms with Crippen LogP contribution in [-0.2, 0) is 4.74 Å². The molecule has 0 spiro atoms. The minimum atomic E-state index is 0.412. The smallest absolute Gasteiger partial charge is 0.0700 e. The van der Waals surface area contributed by atoms with E-state index in [9.17, 15) is 0 Å². The molecule has 0 saturated heterocycles. The minimum absolute atomic E-state index is 0.412. The topological polar surface area (TPSA) is 21.3 Å². The van der Waals surface area contributed by atoms with Crippen molar-refractivity contribution in [2.45, 2.75) is 65.1 Å². The number of hydrogen-bond donors (Lipinski definition) is 1. The zero-order valence-electron chi connectivity index (χ0n) is 10.6.